The Kier molecular flexibility index (Phi) is 47.4. The van der Waals surface area contributed by atoms with Gasteiger partial charge < -0.3 is 39.0 Å². The predicted molar refractivity (Wildman–Crippen MR) is 303 cm³/mol. The number of hydrogen-bond donors (Lipinski definition) is 3. The van der Waals surface area contributed by atoms with Gasteiger partial charge in [0.1, 0.15) is 18.8 Å². The SMILES string of the molecule is CC/C=C\C/C=C\C/C=C\C/C=C\CCC(=O)OC1C(OCC(COC(=O)CCCCCCCCCCCCCCCCCCC)OC(=O)CCCCCCC/C=C\CCCCCCCC)OC(C(=O)O)C(O)C1O. The van der Waals surface area contributed by atoms with Crippen molar-refractivity contribution in [3.8, 4) is 0 Å². The van der Waals surface area contributed by atoms with Crippen molar-refractivity contribution in [1.82, 2.24) is 0 Å². The molecule has 0 aliphatic carbocycles. The molecule has 1 fully saturated rings. The Morgan fingerprint density at radius 2 is 0.867 bits per heavy atom. The minimum absolute atomic E-state index is 0.0609. The Morgan fingerprint density at radius 3 is 1.33 bits per heavy atom. The Balaban J connectivity index is 2.71. The van der Waals surface area contributed by atoms with E-state index in [2.05, 4.69) is 63.3 Å². The van der Waals surface area contributed by atoms with Crippen LogP contribution in [0.5, 0.6) is 0 Å². The minimum Gasteiger partial charge on any atom is -0.479 e. The van der Waals surface area contributed by atoms with Crippen LogP contribution in [0.4, 0.5) is 0 Å². The van der Waals surface area contributed by atoms with Gasteiger partial charge in [-0.3, -0.25) is 14.4 Å². The summed E-state index contributed by atoms with van der Waals surface area (Å²) in [4.78, 5) is 51.1. The quantitative estimate of drug-likeness (QED) is 0.0228. The molecule has 1 aliphatic heterocycles. The van der Waals surface area contributed by atoms with E-state index in [9.17, 15) is 34.5 Å². The average molecular weight is 1060 g/mol. The first-order chi connectivity index (χ1) is 36.6. The third-order valence-electron chi connectivity index (χ3n) is 13.6. The Morgan fingerprint density at radius 1 is 0.453 bits per heavy atom. The van der Waals surface area contributed by atoms with Gasteiger partial charge in [-0.05, 0) is 70.6 Å². The van der Waals surface area contributed by atoms with E-state index >= 15 is 0 Å². The maximum absolute atomic E-state index is 13.1. The summed E-state index contributed by atoms with van der Waals surface area (Å²) in [6.07, 6.45) is 50.7. The molecule has 12 heteroatoms. The Hall–Kier alpha value is -3.58. The topological polar surface area (TPSA) is 175 Å². The molecule has 0 bridgehead atoms. The van der Waals surface area contributed by atoms with Gasteiger partial charge in [0, 0.05) is 19.3 Å². The van der Waals surface area contributed by atoms with Crippen molar-refractivity contribution in [2.24, 2.45) is 0 Å². The number of ether oxygens (including phenoxy) is 5. The highest BCUT2D eigenvalue weighted by atomic mass is 16.7. The summed E-state index contributed by atoms with van der Waals surface area (Å²) >= 11 is 0. The molecule has 3 N–H and O–H groups in total. The fraction of sp³-hybridized carbons (Fsp3) is 0.778. The lowest BCUT2D eigenvalue weighted by atomic mass is 9.98. The highest BCUT2D eigenvalue weighted by molar-refractivity contribution is 5.74. The van der Waals surface area contributed by atoms with Crippen LogP contribution in [0.15, 0.2) is 60.8 Å². The molecule has 1 aliphatic rings. The van der Waals surface area contributed by atoms with Crippen molar-refractivity contribution < 1.29 is 58.2 Å². The van der Waals surface area contributed by atoms with Gasteiger partial charge in [-0.25, -0.2) is 4.79 Å². The van der Waals surface area contributed by atoms with Crippen LogP contribution in [0.2, 0.25) is 0 Å². The van der Waals surface area contributed by atoms with Crippen molar-refractivity contribution in [3.63, 3.8) is 0 Å². The molecule has 432 valence electrons. The fourth-order valence-corrected chi connectivity index (χ4v) is 8.97. The third-order valence-corrected chi connectivity index (χ3v) is 13.6. The van der Waals surface area contributed by atoms with Gasteiger partial charge in [0.05, 0.1) is 6.61 Å². The van der Waals surface area contributed by atoms with Crippen LogP contribution in [0, 0.1) is 0 Å². The summed E-state index contributed by atoms with van der Waals surface area (Å²) < 4.78 is 28.3. The van der Waals surface area contributed by atoms with Crippen LogP contribution in [-0.4, -0.2) is 89.2 Å². The van der Waals surface area contributed by atoms with Crippen LogP contribution < -0.4 is 0 Å². The molecule has 0 amide bonds. The first-order valence-corrected chi connectivity index (χ1v) is 30.3. The van der Waals surface area contributed by atoms with Crippen molar-refractivity contribution >= 4 is 23.9 Å². The molecule has 0 saturated carbocycles. The van der Waals surface area contributed by atoms with Crippen LogP contribution in [0.3, 0.4) is 0 Å². The molecule has 0 aromatic rings. The summed E-state index contributed by atoms with van der Waals surface area (Å²) in [6.45, 7) is 5.85. The number of aliphatic carboxylic acids is 1. The Labute approximate surface area is 456 Å². The molecule has 0 aromatic carbocycles. The molecule has 1 heterocycles. The molecule has 75 heavy (non-hydrogen) atoms. The van der Waals surface area contributed by atoms with E-state index in [1.165, 1.54) is 122 Å². The zero-order valence-corrected chi connectivity index (χ0v) is 47.5. The van der Waals surface area contributed by atoms with Crippen LogP contribution in [0.1, 0.15) is 265 Å². The zero-order chi connectivity index (χ0) is 54.7. The maximum atomic E-state index is 13.1. The van der Waals surface area contributed by atoms with Crippen LogP contribution >= 0.6 is 0 Å². The smallest absolute Gasteiger partial charge is 0.335 e. The number of esters is 3. The third kappa shape index (κ3) is 41.2. The van der Waals surface area contributed by atoms with Gasteiger partial charge in [-0.2, -0.15) is 0 Å². The molecular formula is C63H108O12. The van der Waals surface area contributed by atoms with Crippen molar-refractivity contribution in [3.05, 3.63) is 60.8 Å². The average Bonchev–Trinajstić information content (AvgIpc) is 3.39. The number of rotatable bonds is 51. The molecule has 0 aromatic heterocycles. The number of carbonyl (C=O) groups excluding carboxylic acids is 3. The lowest BCUT2D eigenvalue weighted by molar-refractivity contribution is -0.301. The van der Waals surface area contributed by atoms with E-state index in [0.717, 1.165) is 77.0 Å². The number of aliphatic hydroxyl groups excluding tert-OH is 2. The highest BCUT2D eigenvalue weighted by Gasteiger charge is 2.50. The monoisotopic (exact) mass is 1060 g/mol. The number of unbranched alkanes of at least 4 members (excludes halogenated alkanes) is 27. The number of hydrogen-bond acceptors (Lipinski definition) is 11. The number of carboxylic acids is 1. The largest absolute Gasteiger partial charge is 0.479 e. The summed E-state index contributed by atoms with van der Waals surface area (Å²) in [5.74, 6) is -3.22. The highest BCUT2D eigenvalue weighted by Crippen LogP contribution is 2.26. The van der Waals surface area contributed by atoms with E-state index in [1.807, 2.05) is 18.2 Å². The minimum atomic E-state index is -1.93. The lowest BCUT2D eigenvalue weighted by Crippen LogP contribution is -2.61. The van der Waals surface area contributed by atoms with E-state index < -0.39 is 67.3 Å². The Bertz CT molecular complexity index is 1540. The number of allylic oxidation sites excluding steroid dienone is 10. The normalized spacial score (nSPS) is 18.5. The molecule has 1 saturated heterocycles. The molecule has 6 atom stereocenters. The summed E-state index contributed by atoms with van der Waals surface area (Å²) in [7, 11) is 0. The second-order valence-electron chi connectivity index (χ2n) is 20.6. The van der Waals surface area contributed by atoms with Gasteiger partial charge in [-0.15, -0.1) is 0 Å². The molecule has 0 radical (unpaired) electrons. The lowest BCUT2D eigenvalue weighted by Gasteiger charge is -2.40. The van der Waals surface area contributed by atoms with Gasteiger partial charge >= 0.3 is 23.9 Å². The number of carboxylic acid groups (broad SMARTS) is 1. The standard InChI is InChI=1S/C63H108O12/c1-4-7-10-13-16-19-22-25-27-28-30-32-34-37-40-43-46-49-55(64)71-52-54(73-56(65)50-47-44-41-38-36-33-29-26-23-20-17-14-11-8-5-2)53-72-63-61(59(68)58(67)60(75-63)62(69)70)74-57(66)51-48-45-42-39-35-31-24-21-18-15-12-9-6-3/h9,12,18,21,26,29,31,35,42,45,54,58-61,63,67-68H,4-8,10-11,13-17,19-20,22-25,27-28,30,32-34,36-41,43-44,46-53H2,1-3H3,(H,69,70)/b12-9-,21-18-,29-26-,35-31-,45-42-. The fourth-order valence-electron chi connectivity index (χ4n) is 8.97. The summed E-state index contributed by atoms with van der Waals surface area (Å²) in [5.41, 5.74) is 0. The van der Waals surface area contributed by atoms with Crippen molar-refractivity contribution in [1.29, 1.82) is 0 Å². The summed E-state index contributed by atoms with van der Waals surface area (Å²) in [5, 5.41) is 31.4. The molecule has 1 rings (SSSR count). The summed E-state index contributed by atoms with van der Waals surface area (Å²) in [6, 6.07) is 0. The first-order valence-electron chi connectivity index (χ1n) is 30.3. The van der Waals surface area contributed by atoms with Gasteiger partial charge in [-0.1, -0.05) is 236 Å². The molecular weight excluding hydrogens is 949 g/mol. The van der Waals surface area contributed by atoms with E-state index in [0.29, 0.717) is 25.7 Å². The number of aliphatic hydroxyl groups is 2. The van der Waals surface area contributed by atoms with E-state index in [1.54, 1.807) is 0 Å². The van der Waals surface area contributed by atoms with Crippen molar-refractivity contribution in [2.75, 3.05) is 13.2 Å². The van der Waals surface area contributed by atoms with Crippen LogP contribution in [0.25, 0.3) is 0 Å². The maximum Gasteiger partial charge on any atom is 0.335 e. The van der Waals surface area contributed by atoms with Gasteiger partial charge in [0.25, 0.3) is 0 Å². The molecule has 0 spiro atoms. The number of carbonyl (C=O) groups is 4. The van der Waals surface area contributed by atoms with Gasteiger partial charge in [0.15, 0.2) is 24.6 Å². The van der Waals surface area contributed by atoms with Crippen LogP contribution in [-0.2, 0) is 42.9 Å². The first kappa shape index (κ1) is 69.4. The van der Waals surface area contributed by atoms with Gasteiger partial charge in [0.2, 0.25) is 0 Å². The second-order valence-corrected chi connectivity index (χ2v) is 20.6. The van der Waals surface area contributed by atoms with Crippen molar-refractivity contribution in [2.45, 2.75) is 302 Å². The van der Waals surface area contributed by atoms with E-state index in [-0.39, 0.29) is 25.9 Å². The molecule has 6 unspecified atom stereocenters. The van der Waals surface area contributed by atoms with E-state index in [4.69, 9.17) is 23.7 Å². The second kappa shape index (κ2) is 51.2. The molecule has 12 nitrogen and oxygen atoms in total. The predicted octanol–water partition coefficient (Wildman–Crippen LogP) is 15.6. The zero-order valence-electron chi connectivity index (χ0n) is 47.5.